The summed E-state index contributed by atoms with van der Waals surface area (Å²) in [6, 6.07) is 21.5. The molecule has 0 bridgehead atoms. The topological polar surface area (TPSA) is 87.8 Å². The highest BCUT2D eigenvalue weighted by Gasteiger charge is 2.36. The third kappa shape index (κ3) is 4.79. The van der Waals surface area contributed by atoms with Crippen LogP contribution in [-0.4, -0.2) is 37.5 Å². The van der Waals surface area contributed by atoms with E-state index in [0.29, 0.717) is 6.42 Å². The highest BCUT2D eigenvalue weighted by atomic mass is 32.1. The number of hydrogen-bond donors (Lipinski definition) is 1. The lowest BCUT2D eigenvalue weighted by Gasteiger charge is -2.21. The molecule has 1 N–H and O–H groups in total. The summed E-state index contributed by atoms with van der Waals surface area (Å²) in [4.78, 5) is 25.3. The number of para-hydroxylation sites is 1. The minimum Gasteiger partial charge on any atom is -0.481 e. The van der Waals surface area contributed by atoms with Crippen LogP contribution in [0.1, 0.15) is 41.3 Å². The Balaban J connectivity index is 1.60. The van der Waals surface area contributed by atoms with Crippen molar-refractivity contribution in [3.8, 4) is 16.9 Å². The molecule has 0 aliphatic carbocycles. The number of hydrogen-bond acceptors (Lipinski definition) is 5. The summed E-state index contributed by atoms with van der Waals surface area (Å²) in [5.41, 5.74) is 5.45. The van der Waals surface area contributed by atoms with Crippen molar-refractivity contribution in [2.24, 2.45) is 5.10 Å². The molecular weight excluding hydrogens is 460 g/mol. The Kier molecular flexibility index (Phi) is 6.29. The number of carboxylic acid groups (broad SMARTS) is 1. The second kappa shape index (κ2) is 9.68. The van der Waals surface area contributed by atoms with Gasteiger partial charge in [-0.05, 0) is 36.6 Å². The maximum Gasteiger partial charge on any atom is 0.303 e. The predicted molar refractivity (Wildman–Crippen MR) is 136 cm³/mol. The van der Waals surface area contributed by atoms with Gasteiger partial charge in [0, 0.05) is 30.2 Å². The van der Waals surface area contributed by atoms with Gasteiger partial charge in [0.2, 0.25) is 5.91 Å². The van der Waals surface area contributed by atoms with E-state index in [1.165, 1.54) is 5.01 Å². The highest BCUT2D eigenvalue weighted by Crippen LogP contribution is 2.39. The lowest BCUT2D eigenvalue weighted by molar-refractivity contribution is -0.141. The van der Waals surface area contributed by atoms with E-state index in [4.69, 9.17) is 10.2 Å². The zero-order valence-electron chi connectivity index (χ0n) is 19.2. The Morgan fingerprint density at radius 2 is 1.89 bits per heavy atom. The Bertz CT molecular complexity index is 1390. The largest absolute Gasteiger partial charge is 0.481 e. The summed E-state index contributed by atoms with van der Waals surface area (Å²) in [5.74, 6) is -1.32. The predicted octanol–water partition coefficient (Wildman–Crippen LogP) is 5.45. The number of amides is 1. The van der Waals surface area contributed by atoms with Gasteiger partial charge in [-0.25, -0.2) is 9.69 Å². The van der Waals surface area contributed by atoms with Crippen LogP contribution in [0.3, 0.4) is 0 Å². The van der Waals surface area contributed by atoms with Crippen LogP contribution in [0.4, 0.5) is 0 Å². The first kappa shape index (κ1) is 22.7. The van der Waals surface area contributed by atoms with E-state index in [2.05, 4.69) is 11.2 Å². The van der Waals surface area contributed by atoms with Crippen LogP contribution in [0, 0.1) is 6.92 Å². The van der Waals surface area contributed by atoms with Gasteiger partial charge in [-0.15, -0.1) is 11.3 Å². The Labute approximate surface area is 207 Å². The van der Waals surface area contributed by atoms with E-state index in [1.807, 2.05) is 83.8 Å². The number of aliphatic carboxylic acids is 1. The quantitative estimate of drug-likeness (QED) is 0.378. The molecule has 1 atom stereocenters. The minimum atomic E-state index is -1.01. The summed E-state index contributed by atoms with van der Waals surface area (Å²) in [7, 11) is 0. The fraction of sp³-hybridized carbons (Fsp3) is 0.185. The van der Waals surface area contributed by atoms with Crippen molar-refractivity contribution in [2.75, 3.05) is 0 Å². The zero-order valence-corrected chi connectivity index (χ0v) is 20.0. The monoisotopic (exact) mass is 484 g/mol. The number of aryl methyl sites for hydroxylation is 1. The van der Waals surface area contributed by atoms with Gasteiger partial charge in [0.05, 0.1) is 34.4 Å². The first-order chi connectivity index (χ1) is 17.0. The number of carboxylic acids is 1. The zero-order chi connectivity index (χ0) is 24.4. The fourth-order valence-corrected chi connectivity index (χ4v) is 4.98. The molecule has 8 heteroatoms. The molecule has 3 heterocycles. The normalized spacial score (nSPS) is 15.3. The smallest absolute Gasteiger partial charge is 0.303 e. The van der Waals surface area contributed by atoms with Crippen molar-refractivity contribution in [3.05, 3.63) is 94.3 Å². The van der Waals surface area contributed by atoms with Crippen molar-refractivity contribution in [3.63, 3.8) is 0 Å². The number of aromatic nitrogens is 2. The van der Waals surface area contributed by atoms with Crippen molar-refractivity contribution < 1.29 is 14.7 Å². The standard InChI is InChI=1S/C27H24N4O3S/c1-18-7-5-8-19(15-18)27-21(17-30(29-27)20-9-3-2-4-10-20)23-16-22(24-11-6-14-35-24)28-31(23)25(32)12-13-26(33)34/h2-11,14-15,17,23H,12-13,16H2,1H3,(H,33,34)/t23-/m0/s1. The number of hydrazone groups is 1. The highest BCUT2D eigenvalue weighted by molar-refractivity contribution is 7.12. The second-order valence-electron chi connectivity index (χ2n) is 8.46. The second-order valence-corrected chi connectivity index (χ2v) is 9.41. The molecular formula is C27H24N4O3S. The van der Waals surface area contributed by atoms with Crippen LogP contribution in [0.15, 0.2) is 83.4 Å². The van der Waals surface area contributed by atoms with Gasteiger partial charge in [-0.1, -0.05) is 48.0 Å². The first-order valence-corrected chi connectivity index (χ1v) is 12.2. The lowest BCUT2D eigenvalue weighted by Crippen LogP contribution is -2.27. The van der Waals surface area contributed by atoms with E-state index in [1.54, 1.807) is 11.3 Å². The summed E-state index contributed by atoms with van der Waals surface area (Å²) in [6.07, 6.45) is 2.14. The van der Waals surface area contributed by atoms with Crippen molar-refractivity contribution in [1.82, 2.24) is 14.8 Å². The average Bonchev–Trinajstić information content (AvgIpc) is 3.62. The fourth-order valence-electron chi connectivity index (χ4n) is 4.26. The molecule has 2 aromatic carbocycles. The Morgan fingerprint density at radius 3 is 2.60 bits per heavy atom. The number of carbonyl (C=O) groups excluding carboxylic acids is 1. The maximum atomic E-state index is 13.2. The van der Waals surface area contributed by atoms with Crippen molar-refractivity contribution in [2.45, 2.75) is 32.2 Å². The van der Waals surface area contributed by atoms with Gasteiger partial charge in [-0.3, -0.25) is 9.59 Å². The van der Waals surface area contributed by atoms with Gasteiger partial charge in [0.1, 0.15) is 0 Å². The molecule has 0 radical (unpaired) electrons. The molecule has 4 aromatic rings. The summed E-state index contributed by atoms with van der Waals surface area (Å²) < 4.78 is 1.83. The molecule has 0 spiro atoms. The van der Waals surface area contributed by atoms with Crippen LogP contribution in [0.5, 0.6) is 0 Å². The number of benzene rings is 2. The molecule has 0 unspecified atom stereocenters. The molecule has 7 nitrogen and oxygen atoms in total. The van der Waals surface area contributed by atoms with Crippen LogP contribution < -0.4 is 0 Å². The molecule has 176 valence electrons. The SMILES string of the molecule is Cc1cccc(-c2nn(-c3ccccc3)cc2[C@@H]2CC(c3cccs3)=NN2C(=O)CCC(=O)O)c1. The molecule has 5 rings (SSSR count). The molecule has 0 saturated carbocycles. The van der Waals surface area contributed by atoms with E-state index < -0.39 is 5.97 Å². The lowest BCUT2D eigenvalue weighted by atomic mass is 9.97. The number of rotatable bonds is 7. The van der Waals surface area contributed by atoms with Crippen molar-refractivity contribution in [1.29, 1.82) is 0 Å². The first-order valence-electron chi connectivity index (χ1n) is 11.4. The summed E-state index contributed by atoms with van der Waals surface area (Å²) in [6.45, 7) is 2.03. The summed E-state index contributed by atoms with van der Waals surface area (Å²) in [5, 5.41) is 22.2. The minimum absolute atomic E-state index is 0.111. The molecule has 2 aromatic heterocycles. The summed E-state index contributed by atoms with van der Waals surface area (Å²) >= 11 is 1.57. The third-order valence-electron chi connectivity index (χ3n) is 5.94. The van der Waals surface area contributed by atoms with Crippen LogP contribution >= 0.6 is 11.3 Å². The van der Waals surface area contributed by atoms with Crippen LogP contribution in [-0.2, 0) is 9.59 Å². The number of nitrogens with zero attached hydrogens (tertiary/aromatic N) is 4. The number of thiophene rings is 1. The van der Waals surface area contributed by atoms with Crippen LogP contribution in [0.25, 0.3) is 16.9 Å². The van der Waals surface area contributed by atoms with Gasteiger partial charge < -0.3 is 5.11 Å². The van der Waals surface area contributed by atoms with E-state index in [0.717, 1.165) is 38.7 Å². The van der Waals surface area contributed by atoms with E-state index >= 15 is 0 Å². The molecule has 35 heavy (non-hydrogen) atoms. The van der Waals surface area contributed by atoms with Gasteiger partial charge in [0.15, 0.2) is 0 Å². The van der Waals surface area contributed by atoms with Gasteiger partial charge >= 0.3 is 5.97 Å². The van der Waals surface area contributed by atoms with E-state index in [-0.39, 0.29) is 24.8 Å². The Morgan fingerprint density at radius 1 is 1.06 bits per heavy atom. The van der Waals surface area contributed by atoms with Crippen molar-refractivity contribution >= 4 is 28.9 Å². The molecule has 1 aliphatic heterocycles. The molecule has 1 amide bonds. The molecule has 1 aliphatic rings. The third-order valence-corrected chi connectivity index (χ3v) is 6.86. The Hall–Kier alpha value is -4.04. The van der Waals surface area contributed by atoms with Gasteiger partial charge in [-0.2, -0.15) is 10.2 Å². The number of carbonyl (C=O) groups is 2. The van der Waals surface area contributed by atoms with E-state index in [9.17, 15) is 9.59 Å². The maximum absolute atomic E-state index is 13.2. The molecule has 0 fully saturated rings. The average molecular weight is 485 g/mol. The molecule has 0 saturated heterocycles. The van der Waals surface area contributed by atoms with Gasteiger partial charge in [0.25, 0.3) is 0 Å². The van der Waals surface area contributed by atoms with Crippen LogP contribution in [0.2, 0.25) is 0 Å².